The third-order valence-electron chi connectivity index (χ3n) is 3.09. The van der Waals surface area contributed by atoms with Crippen LogP contribution in [0.15, 0.2) is 12.7 Å². The summed E-state index contributed by atoms with van der Waals surface area (Å²) in [6, 6.07) is 0. The molecule has 1 fully saturated rings. The van der Waals surface area contributed by atoms with Crippen molar-refractivity contribution in [1.82, 2.24) is 25.1 Å². The van der Waals surface area contributed by atoms with Crippen LogP contribution in [0.25, 0.3) is 4.96 Å². The molecule has 2 heterocycles. The number of hydrogen-bond acceptors (Lipinski definition) is 5. The van der Waals surface area contributed by atoms with E-state index in [1.165, 1.54) is 19.3 Å². The van der Waals surface area contributed by atoms with Crippen molar-refractivity contribution in [2.75, 3.05) is 6.54 Å². The molecule has 1 N–H and O–H groups in total. The zero-order chi connectivity index (χ0) is 11.7. The van der Waals surface area contributed by atoms with E-state index in [-0.39, 0.29) is 0 Å². The normalized spacial score (nSPS) is 16.2. The van der Waals surface area contributed by atoms with Gasteiger partial charge in [-0.1, -0.05) is 23.8 Å². The summed E-state index contributed by atoms with van der Waals surface area (Å²) in [4.78, 5) is 0.905. The smallest absolute Gasteiger partial charge is 0.234 e. The van der Waals surface area contributed by atoms with Crippen molar-refractivity contribution in [2.24, 2.45) is 0 Å². The Kier molecular flexibility index (Phi) is 2.90. The fourth-order valence-corrected chi connectivity index (χ4v) is 2.76. The monoisotopic (exact) mass is 249 g/mol. The summed E-state index contributed by atoms with van der Waals surface area (Å²) in [6.07, 6.45) is 5.60. The van der Waals surface area contributed by atoms with Crippen LogP contribution in [0.2, 0.25) is 0 Å². The van der Waals surface area contributed by atoms with Gasteiger partial charge in [0.25, 0.3) is 0 Å². The number of fused-ring (bicyclic) bond motifs is 1. The van der Waals surface area contributed by atoms with Crippen LogP contribution in [-0.4, -0.2) is 26.4 Å². The first kappa shape index (κ1) is 10.9. The Hall–Kier alpha value is -1.27. The highest BCUT2D eigenvalue weighted by Gasteiger charge is 2.26. The molecule has 1 aliphatic carbocycles. The van der Waals surface area contributed by atoms with E-state index >= 15 is 0 Å². The van der Waals surface area contributed by atoms with E-state index in [0.717, 1.165) is 28.9 Å². The Labute approximate surface area is 104 Å². The molecule has 2 aromatic rings. The first-order valence-electron chi connectivity index (χ1n) is 5.91. The molecule has 0 radical (unpaired) electrons. The van der Waals surface area contributed by atoms with Gasteiger partial charge in [-0.05, 0) is 12.8 Å². The van der Waals surface area contributed by atoms with Gasteiger partial charge in [0.1, 0.15) is 5.01 Å². The molecule has 0 spiro atoms. The quantitative estimate of drug-likeness (QED) is 0.647. The van der Waals surface area contributed by atoms with Crippen LogP contribution in [0.1, 0.15) is 36.0 Å². The summed E-state index contributed by atoms with van der Waals surface area (Å²) < 4.78 is 1.92. The topological polar surface area (TPSA) is 55.1 Å². The highest BCUT2D eigenvalue weighted by molar-refractivity contribution is 7.16. The second kappa shape index (κ2) is 4.54. The van der Waals surface area contributed by atoms with Crippen molar-refractivity contribution in [3.05, 3.63) is 23.5 Å². The minimum atomic E-state index is 0.570. The Morgan fingerprint density at radius 3 is 3.06 bits per heavy atom. The number of nitrogens with one attached hydrogen (secondary N) is 1. The van der Waals surface area contributed by atoms with Crippen molar-refractivity contribution < 1.29 is 0 Å². The van der Waals surface area contributed by atoms with Gasteiger partial charge >= 0.3 is 0 Å². The average molecular weight is 249 g/mol. The Balaban J connectivity index is 1.80. The number of hydrogen-bond donors (Lipinski definition) is 1. The van der Waals surface area contributed by atoms with Crippen LogP contribution in [0.4, 0.5) is 0 Å². The fraction of sp³-hybridized carbons (Fsp3) is 0.545. The van der Waals surface area contributed by atoms with Crippen molar-refractivity contribution in [2.45, 2.75) is 31.7 Å². The van der Waals surface area contributed by atoms with Crippen LogP contribution >= 0.6 is 11.3 Å². The van der Waals surface area contributed by atoms with Crippen molar-refractivity contribution in [3.63, 3.8) is 0 Å². The standard InChI is InChI=1S/C11H15N5S/c1-2-6-12-7-9-15-16-10(8-4-3-5-8)13-14-11(16)17-9/h2,8,12H,1,3-7H2. The minimum absolute atomic E-state index is 0.570. The Morgan fingerprint density at radius 2 is 2.35 bits per heavy atom. The van der Waals surface area contributed by atoms with Gasteiger partial charge in [-0.2, -0.15) is 9.61 Å². The van der Waals surface area contributed by atoms with Gasteiger partial charge in [0, 0.05) is 19.0 Å². The predicted octanol–water partition coefficient (Wildman–Crippen LogP) is 1.73. The van der Waals surface area contributed by atoms with Crippen LogP contribution in [0, 0.1) is 0 Å². The van der Waals surface area contributed by atoms with Gasteiger partial charge in [-0.15, -0.1) is 16.8 Å². The van der Waals surface area contributed by atoms with Crippen molar-refractivity contribution in [1.29, 1.82) is 0 Å². The molecule has 6 heteroatoms. The van der Waals surface area contributed by atoms with Crippen molar-refractivity contribution in [3.8, 4) is 0 Å². The molecule has 2 aromatic heterocycles. The maximum absolute atomic E-state index is 4.56. The third kappa shape index (κ3) is 1.98. The van der Waals surface area contributed by atoms with Gasteiger partial charge in [-0.3, -0.25) is 0 Å². The molecule has 0 aromatic carbocycles. The summed E-state index contributed by atoms with van der Waals surface area (Å²) in [5.41, 5.74) is 0. The lowest BCUT2D eigenvalue weighted by Gasteiger charge is -2.22. The Morgan fingerprint density at radius 1 is 1.47 bits per heavy atom. The van der Waals surface area contributed by atoms with Crippen LogP contribution < -0.4 is 5.32 Å². The molecule has 5 nitrogen and oxygen atoms in total. The lowest BCUT2D eigenvalue weighted by atomic mass is 9.85. The molecule has 0 saturated heterocycles. The van der Waals surface area contributed by atoms with Crippen LogP contribution in [0.5, 0.6) is 0 Å². The van der Waals surface area contributed by atoms with E-state index in [1.54, 1.807) is 11.3 Å². The predicted molar refractivity (Wildman–Crippen MR) is 67.2 cm³/mol. The molecular formula is C11H15N5S. The maximum atomic E-state index is 4.56. The molecule has 3 rings (SSSR count). The van der Waals surface area contributed by atoms with Gasteiger partial charge in [-0.25, -0.2) is 0 Å². The molecule has 0 amide bonds. The van der Waals surface area contributed by atoms with Crippen LogP contribution in [-0.2, 0) is 6.54 Å². The molecule has 0 bridgehead atoms. The summed E-state index contributed by atoms with van der Waals surface area (Å²) in [5.74, 6) is 1.61. The van der Waals surface area contributed by atoms with E-state index in [4.69, 9.17) is 0 Å². The molecule has 0 atom stereocenters. The van der Waals surface area contributed by atoms with E-state index in [2.05, 4.69) is 27.2 Å². The molecule has 17 heavy (non-hydrogen) atoms. The number of nitrogens with zero attached hydrogens (tertiary/aromatic N) is 4. The average Bonchev–Trinajstić information content (AvgIpc) is 2.78. The summed E-state index contributed by atoms with van der Waals surface area (Å²) in [7, 11) is 0. The third-order valence-corrected chi connectivity index (χ3v) is 3.99. The lowest BCUT2D eigenvalue weighted by molar-refractivity contribution is 0.395. The molecule has 0 aliphatic heterocycles. The molecular weight excluding hydrogens is 234 g/mol. The zero-order valence-corrected chi connectivity index (χ0v) is 10.4. The van der Waals surface area contributed by atoms with E-state index in [0.29, 0.717) is 5.92 Å². The first-order valence-corrected chi connectivity index (χ1v) is 6.73. The molecule has 90 valence electrons. The summed E-state index contributed by atoms with van der Waals surface area (Å²) >= 11 is 1.60. The SMILES string of the molecule is C=CCNCc1nn2c(C3CCC3)nnc2s1. The molecule has 0 unspecified atom stereocenters. The van der Waals surface area contributed by atoms with Crippen molar-refractivity contribution >= 4 is 16.3 Å². The Bertz CT molecular complexity index is 525. The zero-order valence-electron chi connectivity index (χ0n) is 9.59. The number of aromatic nitrogens is 4. The second-order valence-electron chi connectivity index (χ2n) is 4.30. The molecule has 1 aliphatic rings. The largest absolute Gasteiger partial charge is 0.307 e. The summed E-state index contributed by atoms with van der Waals surface area (Å²) in [6.45, 7) is 5.24. The molecule has 1 saturated carbocycles. The highest BCUT2D eigenvalue weighted by atomic mass is 32.1. The number of rotatable bonds is 5. The van der Waals surface area contributed by atoms with E-state index in [1.807, 2.05) is 10.6 Å². The highest BCUT2D eigenvalue weighted by Crippen LogP contribution is 2.35. The minimum Gasteiger partial charge on any atom is -0.307 e. The van der Waals surface area contributed by atoms with E-state index < -0.39 is 0 Å². The fourth-order valence-electron chi connectivity index (χ4n) is 1.95. The van der Waals surface area contributed by atoms with Gasteiger partial charge in [0.2, 0.25) is 4.96 Å². The first-order chi connectivity index (χ1) is 8.38. The van der Waals surface area contributed by atoms with E-state index in [9.17, 15) is 0 Å². The van der Waals surface area contributed by atoms with Gasteiger partial charge in [0.15, 0.2) is 5.82 Å². The summed E-state index contributed by atoms with van der Waals surface area (Å²) in [5, 5.41) is 17.3. The van der Waals surface area contributed by atoms with Gasteiger partial charge in [0.05, 0.1) is 0 Å². The lowest BCUT2D eigenvalue weighted by Crippen LogP contribution is -2.14. The second-order valence-corrected chi connectivity index (χ2v) is 5.34. The maximum Gasteiger partial charge on any atom is 0.234 e. The van der Waals surface area contributed by atoms with Crippen LogP contribution in [0.3, 0.4) is 0 Å². The van der Waals surface area contributed by atoms with Gasteiger partial charge < -0.3 is 5.32 Å².